The predicted octanol–water partition coefficient (Wildman–Crippen LogP) is 2.18. The number of tetrazole rings is 1. The van der Waals surface area contributed by atoms with Gasteiger partial charge in [-0.2, -0.15) is 0 Å². The molecule has 1 aliphatic heterocycles. The molecule has 0 bridgehead atoms. The minimum absolute atomic E-state index is 0.0584. The number of aromatic nitrogens is 8. The third-order valence-electron chi connectivity index (χ3n) is 7.06. The third-order valence-corrected chi connectivity index (χ3v) is 7.06. The molecule has 1 N–H and O–H groups in total. The van der Waals surface area contributed by atoms with Crippen LogP contribution in [-0.4, -0.2) is 71.3 Å². The zero-order valence-electron chi connectivity index (χ0n) is 22.4. The fourth-order valence-electron chi connectivity index (χ4n) is 5.07. The van der Waals surface area contributed by atoms with Gasteiger partial charge in [-0.15, -0.1) is 10.2 Å². The van der Waals surface area contributed by atoms with Gasteiger partial charge in [0.25, 0.3) is 0 Å². The summed E-state index contributed by atoms with van der Waals surface area (Å²) < 4.78 is 8.79. The minimum Gasteiger partial charge on any atom is -0.376 e. The topological polar surface area (TPSA) is 146 Å². The van der Waals surface area contributed by atoms with Crippen molar-refractivity contribution in [1.29, 1.82) is 0 Å². The van der Waals surface area contributed by atoms with E-state index in [1.165, 1.54) is 15.9 Å². The van der Waals surface area contributed by atoms with Crippen molar-refractivity contribution in [3.63, 3.8) is 0 Å². The molecule has 0 radical (unpaired) electrons. The Bertz CT molecular complexity index is 1650. The standard InChI is InChI=1S/C28H28N10O3/c1-19-14-21(10-11-24(19)37-18-31-33-35-37)38(26(39)17-36-25-9-3-2-8-23(25)32-34-36)27(20-6-4-12-29-15-20)28(40)30-16-22-7-5-13-41-22/h2-4,6,8-12,14-15,18,22,27H,5,7,13,16-17H2,1H3,(H,30,40)/t22-,27+/m0/s1. The number of nitrogens with one attached hydrogen (secondary N) is 1. The van der Waals surface area contributed by atoms with Crippen LogP contribution in [0.5, 0.6) is 0 Å². The first-order valence-electron chi connectivity index (χ1n) is 13.3. The lowest BCUT2D eigenvalue weighted by Crippen LogP contribution is -2.46. The van der Waals surface area contributed by atoms with Crippen LogP contribution in [0.1, 0.15) is 30.0 Å². The summed E-state index contributed by atoms with van der Waals surface area (Å²) in [4.78, 5) is 33.9. The molecular formula is C28H28N10O3. The van der Waals surface area contributed by atoms with Crippen molar-refractivity contribution in [2.75, 3.05) is 18.1 Å². The predicted molar refractivity (Wildman–Crippen MR) is 148 cm³/mol. The van der Waals surface area contributed by atoms with Crippen LogP contribution < -0.4 is 10.2 Å². The van der Waals surface area contributed by atoms with Crippen LogP contribution in [0.4, 0.5) is 5.69 Å². The third kappa shape index (κ3) is 5.52. The number of amides is 2. The monoisotopic (exact) mass is 552 g/mol. The summed E-state index contributed by atoms with van der Waals surface area (Å²) in [5.74, 6) is -0.691. The molecule has 6 rings (SSSR count). The maximum absolute atomic E-state index is 14.2. The van der Waals surface area contributed by atoms with Gasteiger partial charge in [-0.3, -0.25) is 19.5 Å². The Labute approximate surface area is 235 Å². The van der Waals surface area contributed by atoms with Gasteiger partial charge in [0.1, 0.15) is 24.4 Å². The maximum atomic E-state index is 14.2. The van der Waals surface area contributed by atoms with E-state index >= 15 is 0 Å². The number of benzene rings is 2. The van der Waals surface area contributed by atoms with Crippen molar-refractivity contribution in [2.45, 2.75) is 38.5 Å². The molecule has 13 heteroatoms. The van der Waals surface area contributed by atoms with Crippen molar-refractivity contribution in [3.05, 3.63) is 84.4 Å². The number of aryl methyl sites for hydroxylation is 1. The van der Waals surface area contributed by atoms with E-state index in [-0.39, 0.29) is 24.5 Å². The highest BCUT2D eigenvalue weighted by Gasteiger charge is 2.34. The Balaban J connectivity index is 1.41. The Kier molecular flexibility index (Phi) is 7.41. The van der Waals surface area contributed by atoms with Gasteiger partial charge < -0.3 is 10.1 Å². The van der Waals surface area contributed by atoms with E-state index < -0.39 is 6.04 Å². The molecule has 2 aromatic carbocycles. The van der Waals surface area contributed by atoms with E-state index in [9.17, 15) is 9.59 Å². The molecule has 0 spiro atoms. The van der Waals surface area contributed by atoms with Gasteiger partial charge >= 0.3 is 0 Å². The number of hydrogen-bond acceptors (Lipinski definition) is 9. The molecule has 1 fully saturated rings. The lowest BCUT2D eigenvalue weighted by Gasteiger charge is -2.32. The first kappa shape index (κ1) is 26.2. The van der Waals surface area contributed by atoms with Gasteiger partial charge in [0.15, 0.2) is 0 Å². The lowest BCUT2D eigenvalue weighted by atomic mass is 10.0. The van der Waals surface area contributed by atoms with Crippen LogP contribution >= 0.6 is 0 Å². The number of rotatable bonds is 9. The van der Waals surface area contributed by atoms with E-state index in [1.54, 1.807) is 35.3 Å². The fourth-order valence-corrected chi connectivity index (χ4v) is 5.07. The van der Waals surface area contributed by atoms with Gasteiger partial charge in [-0.1, -0.05) is 23.4 Å². The number of hydrogen-bond donors (Lipinski definition) is 1. The first-order valence-corrected chi connectivity index (χ1v) is 13.3. The highest BCUT2D eigenvalue weighted by molar-refractivity contribution is 6.01. The Hall–Kier alpha value is -5.04. The molecule has 0 aliphatic carbocycles. The Morgan fingerprint density at radius 2 is 2.05 bits per heavy atom. The van der Waals surface area contributed by atoms with Crippen LogP contribution in [-0.2, 0) is 20.9 Å². The number of pyridine rings is 1. The van der Waals surface area contributed by atoms with Gasteiger partial charge in [0.2, 0.25) is 11.8 Å². The molecule has 2 amide bonds. The summed E-state index contributed by atoms with van der Waals surface area (Å²) >= 11 is 0. The zero-order chi connectivity index (χ0) is 28.2. The smallest absolute Gasteiger partial charge is 0.249 e. The van der Waals surface area contributed by atoms with Crippen LogP contribution in [0, 0.1) is 6.92 Å². The molecule has 3 aromatic heterocycles. The van der Waals surface area contributed by atoms with Crippen LogP contribution in [0.15, 0.2) is 73.3 Å². The summed E-state index contributed by atoms with van der Waals surface area (Å²) in [6.45, 7) is 2.79. The summed E-state index contributed by atoms with van der Waals surface area (Å²) in [5, 5.41) is 22.8. The van der Waals surface area contributed by atoms with Crippen molar-refractivity contribution in [1.82, 2.24) is 45.5 Å². The van der Waals surface area contributed by atoms with Crippen LogP contribution in [0.3, 0.4) is 0 Å². The SMILES string of the molecule is Cc1cc(N(C(=O)Cn2nnc3ccccc32)[C@@H](C(=O)NC[C@@H]2CCCO2)c2cccnc2)ccc1-n1cnnn1. The molecule has 41 heavy (non-hydrogen) atoms. The molecule has 2 atom stereocenters. The maximum Gasteiger partial charge on any atom is 0.249 e. The molecule has 13 nitrogen and oxygen atoms in total. The Morgan fingerprint density at radius 3 is 2.80 bits per heavy atom. The first-order chi connectivity index (χ1) is 20.1. The number of anilines is 1. The van der Waals surface area contributed by atoms with E-state index in [2.05, 4.69) is 36.1 Å². The molecular weight excluding hydrogens is 524 g/mol. The number of para-hydroxylation sites is 1. The average molecular weight is 553 g/mol. The number of carbonyl (C=O) groups excluding carboxylic acids is 2. The minimum atomic E-state index is -1.01. The molecule has 208 valence electrons. The second-order valence-electron chi connectivity index (χ2n) is 9.79. The fraction of sp³-hybridized carbons (Fsp3) is 0.286. The van der Waals surface area contributed by atoms with Crippen molar-refractivity contribution >= 4 is 28.5 Å². The highest BCUT2D eigenvalue weighted by Crippen LogP contribution is 2.31. The second kappa shape index (κ2) is 11.6. The van der Waals surface area contributed by atoms with Gasteiger partial charge in [-0.25, -0.2) is 9.36 Å². The van der Waals surface area contributed by atoms with Gasteiger partial charge in [0, 0.05) is 36.8 Å². The number of ether oxygens (including phenoxy) is 1. The molecule has 1 saturated heterocycles. The molecule has 0 saturated carbocycles. The molecule has 0 unspecified atom stereocenters. The normalized spacial score (nSPS) is 15.6. The molecule has 5 aromatic rings. The Morgan fingerprint density at radius 1 is 1.15 bits per heavy atom. The summed E-state index contributed by atoms with van der Waals surface area (Å²) in [5.41, 5.74) is 4.03. The quantitative estimate of drug-likeness (QED) is 0.291. The summed E-state index contributed by atoms with van der Waals surface area (Å²) in [7, 11) is 0. The average Bonchev–Trinajstić information content (AvgIpc) is 3.78. The van der Waals surface area contributed by atoms with E-state index in [0.29, 0.717) is 35.4 Å². The van der Waals surface area contributed by atoms with Crippen molar-refractivity contribution in [2.24, 2.45) is 0 Å². The van der Waals surface area contributed by atoms with E-state index in [1.807, 2.05) is 43.3 Å². The van der Waals surface area contributed by atoms with Crippen molar-refractivity contribution in [3.8, 4) is 5.69 Å². The summed E-state index contributed by atoms with van der Waals surface area (Å²) in [6.07, 6.45) is 6.50. The number of carbonyl (C=O) groups is 2. The van der Waals surface area contributed by atoms with Crippen LogP contribution in [0.25, 0.3) is 16.7 Å². The molecule has 1 aliphatic rings. The number of fused-ring (bicyclic) bond motifs is 1. The molecule has 4 heterocycles. The second-order valence-corrected chi connectivity index (χ2v) is 9.79. The summed E-state index contributed by atoms with van der Waals surface area (Å²) in [6, 6.07) is 15.4. The largest absolute Gasteiger partial charge is 0.376 e. The lowest BCUT2D eigenvalue weighted by molar-refractivity contribution is -0.127. The number of nitrogens with zero attached hydrogens (tertiary/aromatic N) is 9. The van der Waals surface area contributed by atoms with Gasteiger partial charge in [0.05, 0.1) is 17.3 Å². The van der Waals surface area contributed by atoms with E-state index in [0.717, 1.165) is 24.1 Å². The zero-order valence-corrected chi connectivity index (χ0v) is 22.4. The van der Waals surface area contributed by atoms with Gasteiger partial charge in [-0.05, 0) is 72.2 Å². The highest BCUT2D eigenvalue weighted by atomic mass is 16.5. The van der Waals surface area contributed by atoms with Crippen molar-refractivity contribution < 1.29 is 14.3 Å². The van der Waals surface area contributed by atoms with Crippen LogP contribution in [0.2, 0.25) is 0 Å². The van der Waals surface area contributed by atoms with E-state index in [4.69, 9.17) is 4.74 Å².